The van der Waals surface area contributed by atoms with Gasteiger partial charge in [0.1, 0.15) is 0 Å². The molecule has 0 saturated carbocycles. The molecule has 0 aromatic heterocycles. The lowest BCUT2D eigenvalue weighted by atomic mass is 10.1. The molecule has 1 aromatic carbocycles. The van der Waals surface area contributed by atoms with Gasteiger partial charge in [-0.3, -0.25) is 0 Å². The number of rotatable bonds is 9. The van der Waals surface area contributed by atoms with Crippen molar-refractivity contribution in [2.75, 3.05) is 26.9 Å². The maximum Gasteiger partial charge on any atom is 0.165 e. The highest BCUT2D eigenvalue weighted by molar-refractivity contribution is 5.31. The van der Waals surface area contributed by atoms with Crippen LogP contribution in [0.5, 0.6) is 5.75 Å². The summed E-state index contributed by atoms with van der Waals surface area (Å²) in [5.74, 6) is 0.538. The molecule has 1 atom stereocenters. The molecule has 0 radical (unpaired) electrons. The van der Waals surface area contributed by atoms with Crippen molar-refractivity contribution in [3.8, 4) is 5.75 Å². The summed E-state index contributed by atoms with van der Waals surface area (Å²) < 4.78 is 23.8. The van der Waals surface area contributed by atoms with E-state index in [1.54, 1.807) is 12.1 Å². The molecule has 20 heavy (non-hydrogen) atoms. The van der Waals surface area contributed by atoms with Crippen LogP contribution >= 0.6 is 0 Å². The average Bonchev–Trinajstić information content (AvgIpc) is 2.42. The number of methoxy groups -OCH3 is 1. The molecule has 0 aliphatic rings. The molecule has 114 valence electrons. The number of hydrogen-bond acceptors (Lipinski definition) is 3. The first-order chi connectivity index (χ1) is 9.54. The van der Waals surface area contributed by atoms with Crippen LogP contribution in [0.4, 0.5) is 4.39 Å². The zero-order valence-corrected chi connectivity index (χ0v) is 12.9. The Balaban J connectivity index is 2.30. The lowest BCUT2D eigenvalue weighted by Gasteiger charge is -2.15. The Bertz CT molecular complexity index is 396. The largest absolute Gasteiger partial charge is 0.494 e. The first kappa shape index (κ1) is 16.9. The van der Waals surface area contributed by atoms with Crippen molar-refractivity contribution >= 4 is 0 Å². The van der Waals surface area contributed by atoms with Gasteiger partial charge in [-0.15, -0.1) is 0 Å². The predicted octanol–water partition coefficient (Wildman–Crippen LogP) is 3.55. The summed E-state index contributed by atoms with van der Waals surface area (Å²) in [6.07, 6.45) is 0.968. The molecule has 1 aromatic rings. The van der Waals surface area contributed by atoms with Crippen molar-refractivity contribution in [3.63, 3.8) is 0 Å². The third kappa shape index (κ3) is 5.88. The fourth-order valence-corrected chi connectivity index (χ4v) is 1.88. The first-order valence-corrected chi connectivity index (χ1v) is 7.19. The van der Waals surface area contributed by atoms with E-state index in [0.29, 0.717) is 5.92 Å². The molecule has 0 aliphatic heterocycles. The SMILES string of the molecule is COc1cc(C(C)NCCCOCC(C)C)ccc1F. The molecule has 0 heterocycles. The minimum absolute atomic E-state index is 0.162. The molecule has 1 rings (SSSR count). The molecule has 1 N–H and O–H groups in total. The standard InChI is InChI=1S/C16H26FNO2/c1-12(2)11-20-9-5-8-18-13(3)14-6-7-15(17)16(10-14)19-4/h6-7,10,12-13,18H,5,8-9,11H2,1-4H3. The molecular formula is C16H26FNO2. The fourth-order valence-electron chi connectivity index (χ4n) is 1.88. The van der Waals surface area contributed by atoms with Crippen LogP contribution in [0.15, 0.2) is 18.2 Å². The first-order valence-electron chi connectivity index (χ1n) is 7.19. The third-order valence-electron chi connectivity index (χ3n) is 3.04. The molecule has 3 nitrogen and oxygen atoms in total. The Labute approximate surface area is 121 Å². The number of halogens is 1. The van der Waals surface area contributed by atoms with Crippen molar-refractivity contribution in [1.82, 2.24) is 5.32 Å². The number of ether oxygens (including phenoxy) is 2. The van der Waals surface area contributed by atoms with Crippen LogP contribution in [0.1, 0.15) is 38.8 Å². The van der Waals surface area contributed by atoms with E-state index >= 15 is 0 Å². The van der Waals surface area contributed by atoms with E-state index in [1.165, 1.54) is 13.2 Å². The zero-order valence-electron chi connectivity index (χ0n) is 12.9. The van der Waals surface area contributed by atoms with E-state index in [2.05, 4.69) is 26.1 Å². The highest BCUT2D eigenvalue weighted by Gasteiger charge is 2.09. The van der Waals surface area contributed by atoms with Gasteiger partial charge >= 0.3 is 0 Å². The van der Waals surface area contributed by atoms with Crippen LogP contribution in [-0.2, 0) is 4.74 Å². The summed E-state index contributed by atoms with van der Waals surface area (Å²) in [7, 11) is 1.48. The summed E-state index contributed by atoms with van der Waals surface area (Å²) in [5, 5.41) is 3.40. The van der Waals surface area contributed by atoms with Crippen LogP contribution < -0.4 is 10.1 Å². The van der Waals surface area contributed by atoms with E-state index in [-0.39, 0.29) is 17.6 Å². The molecule has 0 spiro atoms. The Kier molecular flexibility index (Phi) is 7.55. The number of benzene rings is 1. The Morgan fingerprint density at radius 2 is 2.00 bits per heavy atom. The third-order valence-corrected chi connectivity index (χ3v) is 3.04. The van der Waals surface area contributed by atoms with Crippen molar-refractivity contribution in [3.05, 3.63) is 29.6 Å². The van der Waals surface area contributed by atoms with E-state index < -0.39 is 0 Å². The molecule has 0 bridgehead atoms. The van der Waals surface area contributed by atoms with Crippen molar-refractivity contribution < 1.29 is 13.9 Å². The van der Waals surface area contributed by atoms with Gasteiger partial charge in [0.2, 0.25) is 0 Å². The Hall–Kier alpha value is -1.13. The van der Waals surface area contributed by atoms with E-state index in [4.69, 9.17) is 9.47 Å². The van der Waals surface area contributed by atoms with Gasteiger partial charge in [0.25, 0.3) is 0 Å². The smallest absolute Gasteiger partial charge is 0.165 e. The van der Waals surface area contributed by atoms with Crippen LogP contribution in [0, 0.1) is 11.7 Å². The topological polar surface area (TPSA) is 30.5 Å². The summed E-state index contributed by atoms with van der Waals surface area (Å²) in [6, 6.07) is 5.13. The highest BCUT2D eigenvalue weighted by atomic mass is 19.1. The molecule has 0 saturated heterocycles. The Morgan fingerprint density at radius 1 is 1.25 bits per heavy atom. The zero-order chi connectivity index (χ0) is 15.0. The van der Waals surface area contributed by atoms with Crippen molar-refractivity contribution in [2.45, 2.75) is 33.2 Å². The molecule has 4 heteroatoms. The van der Waals surface area contributed by atoms with Crippen molar-refractivity contribution in [2.24, 2.45) is 5.92 Å². The maximum absolute atomic E-state index is 13.3. The van der Waals surface area contributed by atoms with Gasteiger partial charge in [-0.05, 0) is 43.5 Å². The monoisotopic (exact) mass is 283 g/mol. The van der Waals surface area contributed by atoms with Crippen LogP contribution in [0.25, 0.3) is 0 Å². The number of nitrogens with one attached hydrogen (secondary N) is 1. The van der Waals surface area contributed by atoms with E-state index in [1.807, 2.05) is 0 Å². The van der Waals surface area contributed by atoms with Gasteiger partial charge < -0.3 is 14.8 Å². The molecular weight excluding hydrogens is 257 g/mol. The fraction of sp³-hybridized carbons (Fsp3) is 0.625. The second-order valence-electron chi connectivity index (χ2n) is 5.39. The number of hydrogen-bond donors (Lipinski definition) is 1. The second-order valence-corrected chi connectivity index (χ2v) is 5.39. The van der Waals surface area contributed by atoms with E-state index in [9.17, 15) is 4.39 Å². The summed E-state index contributed by atoms with van der Waals surface area (Å²) in [4.78, 5) is 0. The summed E-state index contributed by atoms with van der Waals surface area (Å²) in [5.41, 5.74) is 1.02. The van der Waals surface area contributed by atoms with Gasteiger partial charge in [-0.25, -0.2) is 4.39 Å². The Morgan fingerprint density at radius 3 is 2.65 bits per heavy atom. The average molecular weight is 283 g/mol. The lowest BCUT2D eigenvalue weighted by molar-refractivity contribution is 0.107. The lowest BCUT2D eigenvalue weighted by Crippen LogP contribution is -2.21. The van der Waals surface area contributed by atoms with Gasteiger partial charge in [0.05, 0.1) is 7.11 Å². The van der Waals surface area contributed by atoms with Gasteiger partial charge in [0, 0.05) is 19.3 Å². The quantitative estimate of drug-likeness (QED) is 0.703. The predicted molar refractivity (Wildman–Crippen MR) is 79.6 cm³/mol. The maximum atomic E-state index is 13.3. The molecule has 0 fully saturated rings. The van der Waals surface area contributed by atoms with Gasteiger partial charge in [-0.1, -0.05) is 19.9 Å². The minimum atomic E-state index is -0.328. The normalized spacial score (nSPS) is 12.7. The van der Waals surface area contributed by atoms with Gasteiger partial charge in [-0.2, -0.15) is 0 Å². The molecule has 0 amide bonds. The van der Waals surface area contributed by atoms with Gasteiger partial charge in [0.15, 0.2) is 11.6 Å². The summed E-state index contributed by atoms with van der Waals surface area (Å²) >= 11 is 0. The minimum Gasteiger partial charge on any atom is -0.494 e. The van der Waals surface area contributed by atoms with E-state index in [0.717, 1.165) is 31.7 Å². The van der Waals surface area contributed by atoms with Crippen LogP contribution in [0.3, 0.4) is 0 Å². The van der Waals surface area contributed by atoms with Crippen molar-refractivity contribution in [1.29, 1.82) is 0 Å². The highest BCUT2D eigenvalue weighted by Crippen LogP contribution is 2.22. The molecule has 0 aliphatic carbocycles. The van der Waals surface area contributed by atoms with Crippen LogP contribution in [-0.4, -0.2) is 26.9 Å². The molecule has 1 unspecified atom stereocenters. The second kappa shape index (κ2) is 8.93. The summed E-state index contributed by atoms with van der Waals surface area (Å²) in [6.45, 7) is 8.79. The van der Waals surface area contributed by atoms with Crippen LogP contribution in [0.2, 0.25) is 0 Å².